The molecule has 3 atom stereocenters. The molecule has 2 aliphatic rings. The van der Waals surface area contributed by atoms with Crippen LogP contribution in [0.25, 0.3) is 0 Å². The van der Waals surface area contributed by atoms with Crippen molar-refractivity contribution in [2.75, 3.05) is 6.61 Å². The van der Waals surface area contributed by atoms with Gasteiger partial charge in [-0.2, -0.15) is 0 Å². The Labute approximate surface area is 113 Å². The summed E-state index contributed by atoms with van der Waals surface area (Å²) in [5.74, 6) is 1.37. The zero-order chi connectivity index (χ0) is 13.0. The van der Waals surface area contributed by atoms with Crippen LogP contribution in [0.5, 0.6) is 0 Å². The zero-order valence-electron chi connectivity index (χ0n) is 12.3. The van der Waals surface area contributed by atoms with Crippen LogP contribution < -0.4 is 5.32 Å². The average molecular weight is 253 g/mol. The molecule has 0 saturated heterocycles. The molecule has 2 saturated carbocycles. The van der Waals surface area contributed by atoms with Gasteiger partial charge in [0.05, 0.1) is 6.61 Å². The van der Waals surface area contributed by atoms with Gasteiger partial charge < -0.3 is 10.4 Å². The van der Waals surface area contributed by atoms with E-state index in [9.17, 15) is 5.11 Å². The van der Waals surface area contributed by atoms with Gasteiger partial charge in [-0.05, 0) is 37.5 Å². The molecule has 2 rings (SSSR count). The highest BCUT2D eigenvalue weighted by atomic mass is 16.3. The van der Waals surface area contributed by atoms with Crippen LogP contribution in [0.2, 0.25) is 0 Å². The minimum atomic E-state index is 0.00662. The van der Waals surface area contributed by atoms with Crippen LogP contribution in [0.4, 0.5) is 0 Å². The second-order valence-electron chi connectivity index (χ2n) is 6.93. The monoisotopic (exact) mass is 253 g/mol. The second-order valence-corrected chi connectivity index (χ2v) is 6.93. The van der Waals surface area contributed by atoms with Crippen LogP contribution in [0, 0.1) is 11.8 Å². The molecular weight excluding hydrogens is 222 g/mol. The van der Waals surface area contributed by atoms with E-state index < -0.39 is 0 Å². The van der Waals surface area contributed by atoms with Gasteiger partial charge in [0.25, 0.3) is 0 Å². The van der Waals surface area contributed by atoms with Crippen molar-refractivity contribution in [1.29, 1.82) is 0 Å². The Balaban J connectivity index is 2.01. The fourth-order valence-corrected chi connectivity index (χ4v) is 4.03. The van der Waals surface area contributed by atoms with E-state index in [1.54, 1.807) is 0 Å². The lowest BCUT2D eigenvalue weighted by Gasteiger charge is -2.47. The molecule has 0 radical (unpaired) electrons. The van der Waals surface area contributed by atoms with Gasteiger partial charge in [-0.25, -0.2) is 0 Å². The van der Waals surface area contributed by atoms with Crippen molar-refractivity contribution in [3.05, 3.63) is 0 Å². The van der Waals surface area contributed by atoms with Crippen molar-refractivity contribution in [2.45, 2.75) is 83.2 Å². The van der Waals surface area contributed by atoms with Crippen molar-refractivity contribution in [1.82, 2.24) is 5.32 Å². The van der Waals surface area contributed by atoms with Gasteiger partial charge in [0.2, 0.25) is 0 Å². The van der Waals surface area contributed by atoms with E-state index in [0.29, 0.717) is 18.6 Å². The molecule has 106 valence electrons. The quantitative estimate of drug-likeness (QED) is 0.755. The highest BCUT2D eigenvalue weighted by Gasteiger charge is 2.41. The first-order valence-electron chi connectivity index (χ1n) is 8.05. The summed E-state index contributed by atoms with van der Waals surface area (Å²) in [7, 11) is 0. The van der Waals surface area contributed by atoms with E-state index in [1.807, 2.05) is 0 Å². The molecule has 18 heavy (non-hydrogen) atoms. The first-order chi connectivity index (χ1) is 8.66. The Morgan fingerprint density at radius 1 is 1.00 bits per heavy atom. The van der Waals surface area contributed by atoms with Gasteiger partial charge in [0.15, 0.2) is 0 Å². The van der Waals surface area contributed by atoms with E-state index in [0.717, 1.165) is 12.3 Å². The second kappa shape index (κ2) is 6.38. The van der Waals surface area contributed by atoms with Gasteiger partial charge in [0, 0.05) is 11.6 Å². The maximum atomic E-state index is 9.97. The third kappa shape index (κ3) is 3.27. The third-order valence-electron chi connectivity index (χ3n) is 5.38. The van der Waals surface area contributed by atoms with Crippen LogP contribution in [0.1, 0.15) is 71.6 Å². The first kappa shape index (κ1) is 14.3. The van der Waals surface area contributed by atoms with Gasteiger partial charge >= 0.3 is 0 Å². The van der Waals surface area contributed by atoms with Crippen LogP contribution in [-0.2, 0) is 0 Å². The Morgan fingerprint density at radius 3 is 2.28 bits per heavy atom. The molecule has 0 aliphatic heterocycles. The van der Waals surface area contributed by atoms with Crippen molar-refractivity contribution < 1.29 is 5.11 Å². The lowest BCUT2D eigenvalue weighted by molar-refractivity contribution is 0.0421. The van der Waals surface area contributed by atoms with Gasteiger partial charge in [0.1, 0.15) is 0 Å². The topological polar surface area (TPSA) is 32.3 Å². The van der Waals surface area contributed by atoms with Crippen molar-refractivity contribution >= 4 is 0 Å². The molecule has 2 fully saturated rings. The SMILES string of the molecule is CC1CCC(C)C(CO)(NC2CCCCCC2)C1. The lowest BCUT2D eigenvalue weighted by Crippen LogP contribution is -2.59. The average Bonchev–Trinajstić information content (AvgIpc) is 2.62. The summed E-state index contributed by atoms with van der Waals surface area (Å²) < 4.78 is 0. The summed E-state index contributed by atoms with van der Waals surface area (Å²) in [6.07, 6.45) is 11.9. The summed E-state index contributed by atoms with van der Waals surface area (Å²) in [5.41, 5.74) is 0.00662. The molecule has 2 N–H and O–H groups in total. The minimum Gasteiger partial charge on any atom is -0.394 e. The van der Waals surface area contributed by atoms with Crippen molar-refractivity contribution in [3.63, 3.8) is 0 Å². The molecule has 0 aromatic carbocycles. The summed E-state index contributed by atoms with van der Waals surface area (Å²) in [6.45, 7) is 4.98. The Bertz CT molecular complexity index is 247. The van der Waals surface area contributed by atoms with E-state index in [1.165, 1.54) is 51.4 Å². The maximum absolute atomic E-state index is 9.97. The van der Waals surface area contributed by atoms with Gasteiger partial charge in [-0.1, -0.05) is 46.0 Å². The molecule has 0 aromatic rings. The Morgan fingerprint density at radius 2 is 1.67 bits per heavy atom. The molecule has 2 nitrogen and oxygen atoms in total. The molecule has 0 heterocycles. The van der Waals surface area contributed by atoms with E-state index >= 15 is 0 Å². The smallest absolute Gasteiger partial charge is 0.0616 e. The number of rotatable bonds is 3. The van der Waals surface area contributed by atoms with Crippen molar-refractivity contribution in [2.24, 2.45) is 11.8 Å². The number of aliphatic hydroxyl groups is 1. The fourth-order valence-electron chi connectivity index (χ4n) is 4.03. The van der Waals surface area contributed by atoms with E-state index in [-0.39, 0.29) is 5.54 Å². The minimum absolute atomic E-state index is 0.00662. The molecule has 0 spiro atoms. The molecule has 3 unspecified atom stereocenters. The number of aliphatic hydroxyl groups excluding tert-OH is 1. The Kier molecular flexibility index (Phi) is 5.08. The molecule has 0 aromatic heterocycles. The third-order valence-corrected chi connectivity index (χ3v) is 5.38. The van der Waals surface area contributed by atoms with Crippen LogP contribution in [0.3, 0.4) is 0 Å². The summed E-state index contributed by atoms with van der Waals surface area (Å²) in [4.78, 5) is 0. The fraction of sp³-hybridized carbons (Fsp3) is 1.00. The number of nitrogens with one attached hydrogen (secondary N) is 1. The molecule has 2 heteroatoms. The van der Waals surface area contributed by atoms with E-state index in [2.05, 4.69) is 19.2 Å². The molecule has 2 aliphatic carbocycles. The number of hydrogen-bond acceptors (Lipinski definition) is 2. The van der Waals surface area contributed by atoms with Gasteiger partial charge in [-0.3, -0.25) is 0 Å². The highest BCUT2D eigenvalue weighted by molar-refractivity contribution is 4.98. The first-order valence-corrected chi connectivity index (χ1v) is 8.05. The molecular formula is C16H31NO. The highest BCUT2D eigenvalue weighted by Crippen LogP contribution is 2.37. The molecule has 0 bridgehead atoms. The Hall–Kier alpha value is -0.0800. The lowest BCUT2D eigenvalue weighted by atomic mass is 9.69. The predicted octanol–water partition coefficient (Wildman–Crippen LogP) is 3.49. The van der Waals surface area contributed by atoms with Gasteiger partial charge in [-0.15, -0.1) is 0 Å². The summed E-state index contributed by atoms with van der Waals surface area (Å²) in [6, 6.07) is 0.646. The standard InChI is InChI=1S/C16H31NO/c1-13-9-10-14(2)16(11-13,12-18)17-15-7-5-3-4-6-8-15/h13-15,17-18H,3-12H2,1-2H3. The summed E-state index contributed by atoms with van der Waals surface area (Å²) in [5, 5.41) is 13.9. The molecule has 0 amide bonds. The van der Waals surface area contributed by atoms with E-state index in [4.69, 9.17) is 0 Å². The normalized spacial score (nSPS) is 39.5. The largest absolute Gasteiger partial charge is 0.394 e. The van der Waals surface area contributed by atoms with Crippen LogP contribution >= 0.6 is 0 Å². The van der Waals surface area contributed by atoms with Crippen LogP contribution in [-0.4, -0.2) is 23.3 Å². The van der Waals surface area contributed by atoms with Crippen LogP contribution in [0.15, 0.2) is 0 Å². The predicted molar refractivity (Wildman–Crippen MR) is 76.6 cm³/mol. The summed E-state index contributed by atoms with van der Waals surface area (Å²) >= 11 is 0. The maximum Gasteiger partial charge on any atom is 0.0616 e. The zero-order valence-corrected chi connectivity index (χ0v) is 12.3. The van der Waals surface area contributed by atoms with Crippen molar-refractivity contribution in [3.8, 4) is 0 Å². The number of hydrogen-bond donors (Lipinski definition) is 2.